The van der Waals surface area contributed by atoms with Crippen LogP contribution in [0.4, 0.5) is 0 Å². The number of carbonyl (C=O) groups excluding carboxylic acids is 1. The van der Waals surface area contributed by atoms with Crippen LogP contribution in [0.2, 0.25) is 0 Å². The molecule has 0 heterocycles. The van der Waals surface area contributed by atoms with Crippen LogP contribution in [0.25, 0.3) is 0 Å². The SMILES string of the molecule is CCC(C(=O)N(N)Cl)c1ccccc1.Cl. The minimum absolute atomic E-state index is 0. The molecule has 1 aromatic carbocycles. The van der Waals surface area contributed by atoms with E-state index in [1.165, 1.54) is 0 Å². The maximum absolute atomic E-state index is 11.5. The van der Waals surface area contributed by atoms with Gasteiger partial charge < -0.3 is 0 Å². The lowest BCUT2D eigenvalue weighted by Gasteiger charge is -2.16. The summed E-state index contributed by atoms with van der Waals surface area (Å²) in [6.45, 7) is 1.93. The summed E-state index contributed by atoms with van der Waals surface area (Å²) in [6, 6.07) is 9.47. The molecule has 0 aliphatic heterocycles. The molecule has 0 spiro atoms. The van der Waals surface area contributed by atoms with E-state index < -0.39 is 0 Å². The molecule has 84 valence electrons. The number of nitrogens with zero attached hydrogens (tertiary/aromatic N) is 1. The van der Waals surface area contributed by atoms with E-state index in [1.54, 1.807) is 0 Å². The standard InChI is InChI=1S/C10H13ClN2O.ClH/c1-2-9(10(14)13(11)12)8-6-4-3-5-7-8;/h3-7,9H,2,12H2,1H3;1H. The molecule has 1 unspecified atom stereocenters. The third kappa shape index (κ3) is 3.70. The van der Waals surface area contributed by atoms with Gasteiger partial charge in [-0.25, -0.2) is 5.84 Å². The van der Waals surface area contributed by atoms with Gasteiger partial charge in [-0.3, -0.25) is 4.79 Å². The quantitative estimate of drug-likeness (QED) is 0.387. The second-order valence-electron chi connectivity index (χ2n) is 3.02. The molecule has 0 radical (unpaired) electrons. The largest absolute Gasteiger partial charge is 0.271 e. The highest BCUT2D eigenvalue weighted by Crippen LogP contribution is 2.21. The molecule has 0 aliphatic carbocycles. The summed E-state index contributed by atoms with van der Waals surface area (Å²) in [4.78, 5) is 11.5. The third-order valence-electron chi connectivity index (χ3n) is 2.12. The number of rotatable bonds is 3. The van der Waals surface area contributed by atoms with Crippen molar-refractivity contribution in [2.75, 3.05) is 0 Å². The summed E-state index contributed by atoms with van der Waals surface area (Å²) in [5.74, 6) is 4.67. The lowest BCUT2D eigenvalue weighted by Crippen LogP contribution is -2.32. The van der Waals surface area contributed by atoms with E-state index in [1.807, 2.05) is 37.3 Å². The highest BCUT2D eigenvalue weighted by atomic mass is 35.5. The van der Waals surface area contributed by atoms with Crippen LogP contribution in [0.15, 0.2) is 30.3 Å². The Hall–Kier alpha value is -0.770. The van der Waals surface area contributed by atoms with Gasteiger partial charge in [-0.1, -0.05) is 37.3 Å². The summed E-state index contributed by atoms with van der Waals surface area (Å²) in [5, 5.41) is 0. The van der Waals surface area contributed by atoms with Crippen LogP contribution in [0.1, 0.15) is 24.8 Å². The Morgan fingerprint density at radius 2 is 2.00 bits per heavy atom. The third-order valence-corrected chi connectivity index (χ3v) is 2.29. The van der Waals surface area contributed by atoms with Crippen molar-refractivity contribution in [2.24, 2.45) is 5.84 Å². The predicted octanol–water partition coefficient (Wildman–Crippen LogP) is 2.46. The molecule has 0 saturated carbocycles. The molecule has 1 atom stereocenters. The van der Waals surface area contributed by atoms with Gasteiger partial charge in [0.1, 0.15) is 0 Å². The molecule has 0 fully saturated rings. The van der Waals surface area contributed by atoms with Crippen LogP contribution < -0.4 is 5.84 Å². The van der Waals surface area contributed by atoms with E-state index in [0.29, 0.717) is 10.9 Å². The zero-order valence-corrected chi connectivity index (χ0v) is 9.96. The molecule has 5 heteroatoms. The predicted molar refractivity (Wildman–Crippen MR) is 63.6 cm³/mol. The summed E-state index contributed by atoms with van der Waals surface area (Å²) in [7, 11) is 0. The van der Waals surface area contributed by atoms with Gasteiger partial charge >= 0.3 is 0 Å². The lowest BCUT2D eigenvalue weighted by molar-refractivity contribution is -0.128. The molecule has 0 aliphatic rings. The first-order chi connectivity index (χ1) is 6.66. The van der Waals surface area contributed by atoms with Gasteiger partial charge in [0.2, 0.25) is 0 Å². The van der Waals surface area contributed by atoms with Gasteiger partial charge in [0.15, 0.2) is 0 Å². The van der Waals surface area contributed by atoms with Gasteiger partial charge in [-0.15, -0.1) is 12.4 Å². The number of carbonyl (C=O) groups is 1. The topological polar surface area (TPSA) is 46.3 Å². The van der Waals surface area contributed by atoms with E-state index in [2.05, 4.69) is 0 Å². The first kappa shape index (κ1) is 14.2. The lowest BCUT2D eigenvalue weighted by atomic mass is 9.96. The van der Waals surface area contributed by atoms with Gasteiger partial charge in [-0.05, 0) is 12.0 Å². The monoisotopic (exact) mass is 248 g/mol. The molecule has 0 aromatic heterocycles. The van der Waals surface area contributed by atoms with Crippen molar-refractivity contribution >= 4 is 30.1 Å². The summed E-state index contributed by atoms with van der Waals surface area (Å²) in [5.41, 5.74) is 0.941. The van der Waals surface area contributed by atoms with Crippen molar-refractivity contribution in [2.45, 2.75) is 19.3 Å². The molecule has 1 amide bonds. The second kappa shape index (κ2) is 6.67. The maximum Gasteiger partial charge on any atom is 0.259 e. The Morgan fingerprint density at radius 3 is 2.40 bits per heavy atom. The van der Waals surface area contributed by atoms with E-state index in [0.717, 1.165) is 5.56 Å². The fourth-order valence-corrected chi connectivity index (χ4v) is 1.50. The smallest absolute Gasteiger partial charge is 0.259 e. The Balaban J connectivity index is 0.00000196. The van der Waals surface area contributed by atoms with E-state index in [-0.39, 0.29) is 24.2 Å². The van der Waals surface area contributed by atoms with Crippen molar-refractivity contribution in [1.82, 2.24) is 4.53 Å². The number of benzene rings is 1. The fourth-order valence-electron chi connectivity index (χ4n) is 1.39. The first-order valence-electron chi connectivity index (χ1n) is 4.46. The van der Waals surface area contributed by atoms with E-state index >= 15 is 0 Å². The number of hydrazine groups is 1. The van der Waals surface area contributed by atoms with Gasteiger partial charge in [0.05, 0.1) is 5.92 Å². The molecular weight excluding hydrogens is 235 g/mol. The zero-order chi connectivity index (χ0) is 10.6. The summed E-state index contributed by atoms with van der Waals surface area (Å²) < 4.78 is 0.626. The molecule has 3 nitrogen and oxygen atoms in total. The molecule has 1 aromatic rings. The average Bonchev–Trinajstić information content (AvgIpc) is 2.20. The molecule has 2 N–H and O–H groups in total. The minimum Gasteiger partial charge on any atom is -0.271 e. The Kier molecular flexibility index (Phi) is 6.32. The average molecular weight is 249 g/mol. The number of nitrogens with two attached hydrogens (primary N) is 1. The first-order valence-corrected chi connectivity index (χ1v) is 4.80. The zero-order valence-electron chi connectivity index (χ0n) is 8.39. The highest BCUT2D eigenvalue weighted by molar-refractivity contribution is 6.21. The van der Waals surface area contributed by atoms with Crippen LogP contribution in [0.3, 0.4) is 0 Å². The van der Waals surface area contributed by atoms with Gasteiger partial charge in [0.25, 0.3) is 5.91 Å². The highest BCUT2D eigenvalue weighted by Gasteiger charge is 2.21. The van der Waals surface area contributed by atoms with Crippen molar-refractivity contribution < 1.29 is 4.79 Å². The van der Waals surface area contributed by atoms with E-state index in [9.17, 15) is 4.79 Å². The Bertz CT molecular complexity index is 304. The number of halogens is 2. The fraction of sp³-hybridized carbons (Fsp3) is 0.300. The second-order valence-corrected chi connectivity index (χ2v) is 3.39. The van der Waals surface area contributed by atoms with Crippen LogP contribution in [-0.2, 0) is 4.79 Å². The van der Waals surface area contributed by atoms with Crippen LogP contribution in [0, 0.1) is 0 Å². The van der Waals surface area contributed by atoms with Crippen LogP contribution in [-0.4, -0.2) is 10.4 Å². The van der Waals surface area contributed by atoms with Gasteiger partial charge in [-0.2, -0.15) is 4.53 Å². The van der Waals surface area contributed by atoms with Crippen molar-refractivity contribution in [3.05, 3.63) is 35.9 Å². The number of amides is 1. The molecule has 15 heavy (non-hydrogen) atoms. The molecule has 0 bridgehead atoms. The molecule has 0 saturated heterocycles. The van der Waals surface area contributed by atoms with Crippen LogP contribution in [0.5, 0.6) is 0 Å². The van der Waals surface area contributed by atoms with Crippen LogP contribution >= 0.6 is 24.2 Å². The summed E-state index contributed by atoms with van der Waals surface area (Å²) >= 11 is 5.41. The summed E-state index contributed by atoms with van der Waals surface area (Å²) in [6.07, 6.45) is 0.684. The molecule has 1 rings (SSSR count). The number of hydrogen-bond acceptors (Lipinski definition) is 2. The normalized spacial score (nSPS) is 11.4. The maximum atomic E-state index is 11.5. The molecular formula is C10H14Cl2N2O. The van der Waals surface area contributed by atoms with Crippen molar-refractivity contribution in [3.8, 4) is 0 Å². The number of hydrogen-bond donors (Lipinski definition) is 1. The van der Waals surface area contributed by atoms with E-state index in [4.69, 9.17) is 17.6 Å². The van der Waals surface area contributed by atoms with Crippen molar-refractivity contribution in [1.29, 1.82) is 0 Å². The van der Waals surface area contributed by atoms with Gasteiger partial charge in [0, 0.05) is 11.8 Å². The Labute approximate surface area is 101 Å². The minimum atomic E-state index is -0.277. The van der Waals surface area contributed by atoms with Crippen molar-refractivity contribution in [3.63, 3.8) is 0 Å². The Morgan fingerprint density at radius 1 is 1.47 bits per heavy atom.